The fourth-order valence-electron chi connectivity index (χ4n) is 0.824. The standard InChI is InChI=1S/C8H21N2O2P/c1-7(2)13(11,12-5)10-6-8(3)9-4/h7-9H,6H2,1-5H3,(H,10,11). The predicted octanol–water partition coefficient (Wildman–Crippen LogP) is 1.43. The van der Waals surface area contributed by atoms with E-state index in [1.165, 1.54) is 7.11 Å². The molecule has 0 aromatic carbocycles. The van der Waals surface area contributed by atoms with Gasteiger partial charge in [-0.15, -0.1) is 0 Å². The second-order valence-corrected chi connectivity index (χ2v) is 6.33. The van der Waals surface area contributed by atoms with Crippen molar-refractivity contribution in [1.29, 1.82) is 0 Å². The molecule has 2 N–H and O–H groups in total. The van der Waals surface area contributed by atoms with Gasteiger partial charge in [-0.2, -0.15) is 0 Å². The summed E-state index contributed by atoms with van der Waals surface area (Å²) in [5.74, 6) is 0. The minimum absolute atomic E-state index is 0.0153. The predicted molar refractivity (Wildman–Crippen MR) is 56.3 cm³/mol. The molecule has 0 spiro atoms. The first-order chi connectivity index (χ1) is 5.96. The van der Waals surface area contributed by atoms with Gasteiger partial charge in [0.15, 0.2) is 0 Å². The van der Waals surface area contributed by atoms with Crippen molar-refractivity contribution >= 4 is 7.52 Å². The lowest BCUT2D eigenvalue weighted by atomic mass is 10.4. The summed E-state index contributed by atoms with van der Waals surface area (Å²) in [4.78, 5) is 0. The highest BCUT2D eigenvalue weighted by Crippen LogP contribution is 2.46. The normalized spacial score (nSPS) is 18.6. The second kappa shape index (κ2) is 5.76. The molecule has 5 heteroatoms. The summed E-state index contributed by atoms with van der Waals surface area (Å²) in [5, 5.41) is 6.03. The summed E-state index contributed by atoms with van der Waals surface area (Å²) in [6.45, 7) is 6.45. The summed E-state index contributed by atoms with van der Waals surface area (Å²) in [6, 6.07) is 0.294. The van der Waals surface area contributed by atoms with E-state index in [-0.39, 0.29) is 5.66 Å². The minimum Gasteiger partial charge on any atom is -0.321 e. The maximum Gasteiger partial charge on any atom is 0.272 e. The summed E-state index contributed by atoms with van der Waals surface area (Å²) in [5.41, 5.74) is 0.0153. The van der Waals surface area contributed by atoms with Crippen molar-refractivity contribution in [2.24, 2.45) is 0 Å². The van der Waals surface area contributed by atoms with Gasteiger partial charge in [0.1, 0.15) is 0 Å². The van der Waals surface area contributed by atoms with Crippen LogP contribution in [0.25, 0.3) is 0 Å². The van der Waals surface area contributed by atoms with E-state index in [0.29, 0.717) is 12.6 Å². The third-order valence-electron chi connectivity index (χ3n) is 2.06. The number of likely N-dealkylation sites (N-methyl/N-ethyl adjacent to an activating group) is 1. The number of hydrogen-bond acceptors (Lipinski definition) is 3. The van der Waals surface area contributed by atoms with Gasteiger partial charge in [-0.1, -0.05) is 13.8 Å². The zero-order chi connectivity index (χ0) is 10.5. The quantitative estimate of drug-likeness (QED) is 0.648. The molecule has 0 fully saturated rings. The Labute approximate surface area is 80.9 Å². The first kappa shape index (κ1) is 13.1. The fourth-order valence-corrected chi connectivity index (χ4v) is 2.27. The molecule has 0 bridgehead atoms. The first-order valence-electron chi connectivity index (χ1n) is 4.54. The van der Waals surface area contributed by atoms with E-state index >= 15 is 0 Å². The highest BCUT2D eigenvalue weighted by atomic mass is 31.2. The van der Waals surface area contributed by atoms with Crippen LogP contribution in [0, 0.1) is 0 Å². The largest absolute Gasteiger partial charge is 0.321 e. The highest BCUT2D eigenvalue weighted by Gasteiger charge is 2.25. The van der Waals surface area contributed by atoms with Crippen LogP contribution >= 0.6 is 7.52 Å². The maximum absolute atomic E-state index is 11.9. The van der Waals surface area contributed by atoms with E-state index < -0.39 is 7.52 Å². The van der Waals surface area contributed by atoms with Gasteiger partial charge in [-0.25, -0.2) is 5.09 Å². The van der Waals surface area contributed by atoms with Crippen molar-refractivity contribution in [1.82, 2.24) is 10.4 Å². The van der Waals surface area contributed by atoms with Crippen LogP contribution in [-0.4, -0.2) is 32.4 Å². The van der Waals surface area contributed by atoms with Gasteiger partial charge in [0.25, 0.3) is 7.52 Å². The molecule has 0 saturated carbocycles. The molecule has 0 aliphatic carbocycles. The maximum atomic E-state index is 11.9. The molecule has 0 aliphatic rings. The number of nitrogens with one attached hydrogen (secondary N) is 2. The summed E-state index contributed by atoms with van der Waals surface area (Å²) >= 11 is 0. The van der Waals surface area contributed by atoms with Gasteiger partial charge in [-0.3, -0.25) is 4.57 Å². The van der Waals surface area contributed by atoms with E-state index in [1.54, 1.807) is 0 Å². The molecule has 0 aromatic rings. The van der Waals surface area contributed by atoms with Crippen LogP contribution in [0.4, 0.5) is 0 Å². The Morgan fingerprint density at radius 2 is 1.92 bits per heavy atom. The van der Waals surface area contributed by atoms with E-state index in [1.807, 2.05) is 27.8 Å². The second-order valence-electron chi connectivity index (χ2n) is 3.43. The monoisotopic (exact) mass is 208 g/mol. The van der Waals surface area contributed by atoms with Crippen molar-refractivity contribution in [2.45, 2.75) is 32.5 Å². The zero-order valence-electron chi connectivity index (χ0n) is 9.13. The molecule has 0 aromatic heterocycles. The lowest BCUT2D eigenvalue weighted by Crippen LogP contribution is -2.34. The Morgan fingerprint density at radius 3 is 2.23 bits per heavy atom. The van der Waals surface area contributed by atoms with Crippen LogP contribution in [0.1, 0.15) is 20.8 Å². The molecule has 0 rings (SSSR count). The van der Waals surface area contributed by atoms with E-state index in [9.17, 15) is 4.57 Å². The zero-order valence-corrected chi connectivity index (χ0v) is 10.0. The van der Waals surface area contributed by atoms with Crippen molar-refractivity contribution in [3.63, 3.8) is 0 Å². The van der Waals surface area contributed by atoms with Crippen molar-refractivity contribution < 1.29 is 9.09 Å². The van der Waals surface area contributed by atoms with Crippen LogP contribution in [-0.2, 0) is 9.09 Å². The molecule has 80 valence electrons. The smallest absolute Gasteiger partial charge is 0.272 e. The van der Waals surface area contributed by atoms with Crippen molar-refractivity contribution in [3.8, 4) is 0 Å². The Bertz CT molecular complexity index is 185. The minimum atomic E-state index is -2.63. The van der Waals surface area contributed by atoms with Crippen LogP contribution in [0.3, 0.4) is 0 Å². The lowest BCUT2D eigenvalue weighted by Gasteiger charge is -2.22. The van der Waals surface area contributed by atoms with Crippen LogP contribution in [0.2, 0.25) is 0 Å². The molecular formula is C8H21N2O2P. The van der Waals surface area contributed by atoms with Crippen LogP contribution in [0.15, 0.2) is 0 Å². The van der Waals surface area contributed by atoms with Crippen LogP contribution < -0.4 is 10.4 Å². The molecule has 0 saturated heterocycles. The van der Waals surface area contributed by atoms with Gasteiger partial charge in [0, 0.05) is 25.4 Å². The van der Waals surface area contributed by atoms with Gasteiger partial charge in [0.2, 0.25) is 0 Å². The molecule has 0 aliphatic heterocycles. The molecule has 2 atom stereocenters. The molecule has 0 radical (unpaired) electrons. The first-order valence-corrected chi connectivity index (χ1v) is 6.23. The molecule has 13 heavy (non-hydrogen) atoms. The molecule has 0 amide bonds. The average Bonchev–Trinajstić information content (AvgIpc) is 2.13. The Morgan fingerprint density at radius 1 is 1.38 bits per heavy atom. The number of rotatable bonds is 6. The van der Waals surface area contributed by atoms with Crippen LogP contribution in [0.5, 0.6) is 0 Å². The molecular weight excluding hydrogens is 187 g/mol. The molecule has 4 nitrogen and oxygen atoms in total. The van der Waals surface area contributed by atoms with Gasteiger partial charge >= 0.3 is 0 Å². The fraction of sp³-hybridized carbons (Fsp3) is 1.00. The summed E-state index contributed by atoms with van der Waals surface area (Å²) in [7, 11) is 0.729. The van der Waals surface area contributed by atoms with Gasteiger partial charge in [-0.05, 0) is 14.0 Å². The SMILES string of the molecule is CNC(C)CNP(=O)(OC)C(C)C. The van der Waals surface area contributed by atoms with Crippen molar-refractivity contribution in [3.05, 3.63) is 0 Å². The van der Waals surface area contributed by atoms with E-state index in [4.69, 9.17) is 4.52 Å². The Hall–Kier alpha value is 0.110. The third-order valence-corrected chi connectivity index (χ3v) is 4.59. The average molecular weight is 208 g/mol. The highest BCUT2D eigenvalue weighted by molar-refractivity contribution is 7.57. The van der Waals surface area contributed by atoms with E-state index in [2.05, 4.69) is 10.4 Å². The third kappa shape index (κ3) is 4.23. The topological polar surface area (TPSA) is 50.4 Å². The van der Waals surface area contributed by atoms with E-state index in [0.717, 1.165) is 0 Å². The summed E-state index contributed by atoms with van der Waals surface area (Å²) in [6.07, 6.45) is 0. The molecule has 2 unspecified atom stereocenters. The van der Waals surface area contributed by atoms with Gasteiger partial charge < -0.3 is 9.84 Å². The Kier molecular flexibility index (Phi) is 5.81. The number of hydrogen-bond donors (Lipinski definition) is 2. The van der Waals surface area contributed by atoms with Crippen molar-refractivity contribution in [2.75, 3.05) is 20.7 Å². The lowest BCUT2D eigenvalue weighted by molar-refractivity contribution is 0.371. The van der Waals surface area contributed by atoms with Gasteiger partial charge in [0.05, 0.1) is 0 Å². The Balaban J connectivity index is 4.06. The molecule has 0 heterocycles. The summed E-state index contributed by atoms with van der Waals surface area (Å²) < 4.78 is 17.0.